The summed E-state index contributed by atoms with van der Waals surface area (Å²) in [6.07, 6.45) is 2.16. The molecule has 0 aliphatic carbocycles. The molecule has 1 atom stereocenters. The summed E-state index contributed by atoms with van der Waals surface area (Å²) in [4.78, 5) is 16.5. The van der Waals surface area contributed by atoms with Gasteiger partial charge in [0.1, 0.15) is 0 Å². The second-order valence-electron chi connectivity index (χ2n) is 6.07. The van der Waals surface area contributed by atoms with Gasteiger partial charge in [-0.1, -0.05) is 13.8 Å². The lowest BCUT2D eigenvalue weighted by molar-refractivity contribution is -0.134. The predicted octanol–water partition coefficient (Wildman–Crippen LogP) is 1.06. The van der Waals surface area contributed by atoms with Crippen molar-refractivity contribution in [2.45, 2.75) is 33.1 Å². The second-order valence-corrected chi connectivity index (χ2v) is 6.07. The minimum Gasteiger partial charge on any atom is -0.340 e. The molecular weight excluding hydrogens is 252 g/mol. The fraction of sp³-hybridized carbons (Fsp3) is 0.867. The van der Waals surface area contributed by atoms with Gasteiger partial charge in [-0.2, -0.15) is 5.26 Å². The molecule has 1 aliphatic heterocycles. The van der Waals surface area contributed by atoms with Crippen molar-refractivity contribution >= 4 is 5.91 Å². The topological polar surface area (TPSA) is 73.4 Å². The van der Waals surface area contributed by atoms with Crippen LogP contribution in [-0.2, 0) is 4.79 Å². The summed E-state index contributed by atoms with van der Waals surface area (Å²) in [7, 11) is 0. The quantitative estimate of drug-likeness (QED) is 0.756. The van der Waals surface area contributed by atoms with Crippen LogP contribution in [0.15, 0.2) is 0 Å². The van der Waals surface area contributed by atoms with Crippen LogP contribution in [0.5, 0.6) is 0 Å². The molecule has 114 valence electrons. The number of rotatable bonds is 7. The minimum absolute atomic E-state index is 0.237. The van der Waals surface area contributed by atoms with Crippen molar-refractivity contribution in [3.05, 3.63) is 0 Å². The number of carbonyl (C=O) groups excluding carboxylic acids is 1. The highest BCUT2D eigenvalue weighted by Crippen LogP contribution is 2.16. The summed E-state index contributed by atoms with van der Waals surface area (Å²) >= 11 is 0. The summed E-state index contributed by atoms with van der Waals surface area (Å²) in [5.41, 5.74) is 5.77. The van der Waals surface area contributed by atoms with Crippen molar-refractivity contribution in [3.63, 3.8) is 0 Å². The van der Waals surface area contributed by atoms with Crippen LogP contribution in [0.2, 0.25) is 0 Å². The molecule has 5 heteroatoms. The Morgan fingerprint density at radius 3 is 2.45 bits per heavy atom. The van der Waals surface area contributed by atoms with E-state index in [1.54, 1.807) is 0 Å². The Bertz CT molecular complexity index is 329. The van der Waals surface area contributed by atoms with E-state index in [0.29, 0.717) is 31.2 Å². The maximum atomic E-state index is 12.3. The number of nitrogens with zero attached hydrogens (tertiary/aromatic N) is 3. The first-order valence-corrected chi connectivity index (χ1v) is 7.64. The average molecular weight is 280 g/mol. The normalized spacial score (nSPS) is 18.1. The molecule has 1 saturated heterocycles. The van der Waals surface area contributed by atoms with Crippen LogP contribution in [0.25, 0.3) is 0 Å². The SMILES string of the molecule is CC(C)C[C@H](CN)CC(=O)N1CCN(CCC#N)CC1. The van der Waals surface area contributed by atoms with Gasteiger partial charge in [0.05, 0.1) is 6.07 Å². The van der Waals surface area contributed by atoms with Crippen molar-refractivity contribution in [2.75, 3.05) is 39.3 Å². The predicted molar refractivity (Wildman–Crippen MR) is 79.9 cm³/mol. The third kappa shape index (κ3) is 5.89. The Hall–Kier alpha value is -1.12. The van der Waals surface area contributed by atoms with Crippen molar-refractivity contribution in [1.82, 2.24) is 9.80 Å². The van der Waals surface area contributed by atoms with E-state index in [-0.39, 0.29) is 5.91 Å². The first-order chi connectivity index (χ1) is 9.56. The largest absolute Gasteiger partial charge is 0.340 e. The Kier molecular flexibility index (Phi) is 7.56. The zero-order valence-electron chi connectivity index (χ0n) is 12.8. The van der Waals surface area contributed by atoms with Crippen LogP contribution in [-0.4, -0.2) is 55.0 Å². The summed E-state index contributed by atoms with van der Waals surface area (Å²) < 4.78 is 0. The number of hydrogen-bond acceptors (Lipinski definition) is 4. The Morgan fingerprint density at radius 1 is 1.30 bits per heavy atom. The maximum Gasteiger partial charge on any atom is 0.222 e. The number of carbonyl (C=O) groups is 1. The second kappa shape index (κ2) is 8.93. The highest BCUT2D eigenvalue weighted by molar-refractivity contribution is 5.76. The summed E-state index contributed by atoms with van der Waals surface area (Å²) in [5.74, 6) is 1.12. The van der Waals surface area contributed by atoms with E-state index in [0.717, 1.165) is 39.1 Å². The molecule has 0 spiro atoms. The maximum absolute atomic E-state index is 12.3. The third-order valence-electron chi connectivity index (χ3n) is 3.87. The molecule has 0 radical (unpaired) electrons. The zero-order chi connectivity index (χ0) is 15.0. The van der Waals surface area contributed by atoms with E-state index < -0.39 is 0 Å². The van der Waals surface area contributed by atoms with Crippen LogP contribution >= 0.6 is 0 Å². The smallest absolute Gasteiger partial charge is 0.222 e. The van der Waals surface area contributed by atoms with Crippen LogP contribution < -0.4 is 5.73 Å². The summed E-state index contributed by atoms with van der Waals surface area (Å²) in [5, 5.41) is 8.58. The van der Waals surface area contributed by atoms with Gasteiger partial charge in [-0.3, -0.25) is 9.69 Å². The lowest BCUT2D eigenvalue weighted by atomic mass is 9.93. The molecule has 1 amide bonds. The molecule has 1 fully saturated rings. The minimum atomic E-state index is 0.237. The van der Waals surface area contributed by atoms with Gasteiger partial charge in [-0.05, 0) is 24.8 Å². The molecular formula is C15H28N4O. The first-order valence-electron chi connectivity index (χ1n) is 7.64. The van der Waals surface area contributed by atoms with Gasteiger partial charge in [-0.25, -0.2) is 0 Å². The van der Waals surface area contributed by atoms with Gasteiger partial charge >= 0.3 is 0 Å². The molecule has 1 heterocycles. The average Bonchev–Trinajstić information content (AvgIpc) is 2.44. The lowest BCUT2D eigenvalue weighted by Crippen LogP contribution is -2.49. The number of amides is 1. The van der Waals surface area contributed by atoms with Crippen LogP contribution in [0.4, 0.5) is 0 Å². The highest BCUT2D eigenvalue weighted by Gasteiger charge is 2.23. The van der Waals surface area contributed by atoms with Crippen molar-refractivity contribution in [2.24, 2.45) is 17.6 Å². The van der Waals surface area contributed by atoms with Gasteiger partial charge in [0.2, 0.25) is 5.91 Å². The van der Waals surface area contributed by atoms with Gasteiger partial charge in [0.25, 0.3) is 0 Å². The zero-order valence-corrected chi connectivity index (χ0v) is 12.8. The number of nitriles is 1. The molecule has 2 N–H and O–H groups in total. The molecule has 0 unspecified atom stereocenters. The van der Waals surface area contributed by atoms with E-state index in [9.17, 15) is 4.79 Å². The third-order valence-corrected chi connectivity index (χ3v) is 3.87. The number of hydrogen-bond donors (Lipinski definition) is 1. The van der Waals surface area contributed by atoms with E-state index >= 15 is 0 Å². The van der Waals surface area contributed by atoms with Crippen LogP contribution in [0.1, 0.15) is 33.1 Å². The summed E-state index contributed by atoms with van der Waals surface area (Å²) in [6, 6.07) is 2.16. The first kappa shape index (κ1) is 16.9. The Labute approximate surface area is 122 Å². The van der Waals surface area contributed by atoms with Crippen molar-refractivity contribution in [3.8, 4) is 6.07 Å². The summed E-state index contributed by atoms with van der Waals surface area (Å²) in [6.45, 7) is 9.06. The van der Waals surface area contributed by atoms with Crippen LogP contribution in [0, 0.1) is 23.2 Å². The molecule has 0 aromatic rings. The van der Waals surface area contributed by atoms with E-state index in [4.69, 9.17) is 11.0 Å². The van der Waals surface area contributed by atoms with E-state index in [1.807, 2.05) is 4.90 Å². The fourth-order valence-corrected chi connectivity index (χ4v) is 2.73. The van der Waals surface area contributed by atoms with Gasteiger partial charge in [0.15, 0.2) is 0 Å². The molecule has 20 heavy (non-hydrogen) atoms. The molecule has 0 aromatic carbocycles. The highest BCUT2D eigenvalue weighted by atomic mass is 16.2. The standard InChI is InChI=1S/C15H28N4O/c1-13(2)10-14(12-17)11-15(20)19-8-6-18(7-9-19)5-3-4-16/h13-14H,3,5-12,17H2,1-2H3/t14-/m0/s1. The number of piperazine rings is 1. The van der Waals surface area contributed by atoms with Crippen molar-refractivity contribution in [1.29, 1.82) is 5.26 Å². The van der Waals surface area contributed by atoms with E-state index in [1.165, 1.54) is 0 Å². The lowest BCUT2D eigenvalue weighted by Gasteiger charge is -2.35. The molecule has 1 aliphatic rings. The Balaban J connectivity index is 2.33. The molecule has 0 bridgehead atoms. The fourth-order valence-electron chi connectivity index (χ4n) is 2.73. The van der Waals surface area contributed by atoms with Gasteiger partial charge < -0.3 is 10.6 Å². The van der Waals surface area contributed by atoms with E-state index in [2.05, 4.69) is 24.8 Å². The number of nitrogens with two attached hydrogens (primary N) is 1. The molecule has 5 nitrogen and oxygen atoms in total. The Morgan fingerprint density at radius 2 is 1.95 bits per heavy atom. The van der Waals surface area contributed by atoms with Gasteiger partial charge in [0, 0.05) is 45.6 Å². The van der Waals surface area contributed by atoms with Crippen molar-refractivity contribution < 1.29 is 4.79 Å². The monoisotopic (exact) mass is 280 g/mol. The molecule has 1 rings (SSSR count). The van der Waals surface area contributed by atoms with Gasteiger partial charge in [-0.15, -0.1) is 0 Å². The molecule has 0 aromatic heterocycles. The molecule has 0 saturated carbocycles. The van der Waals surface area contributed by atoms with Crippen LogP contribution in [0.3, 0.4) is 0 Å².